The summed E-state index contributed by atoms with van der Waals surface area (Å²) in [5.74, 6) is -0.175. The first-order valence-corrected chi connectivity index (χ1v) is 7.69. The lowest BCUT2D eigenvalue weighted by Gasteiger charge is -2.27. The van der Waals surface area contributed by atoms with E-state index in [-0.39, 0.29) is 5.91 Å². The standard InChI is InChI=1S/C19H22N4O/c1-12-5-7-16(10-17(12)21)23-19(3,4)18(24)22-15-8-6-14(11-20)13(2)9-15/h5-10,23H,21H2,1-4H3,(H,22,24). The van der Waals surface area contributed by atoms with E-state index >= 15 is 0 Å². The average molecular weight is 322 g/mol. The quantitative estimate of drug-likeness (QED) is 0.750. The summed E-state index contributed by atoms with van der Waals surface area (Å²) in [6.07, 6.45) is 0. The molecule has 24 heavy (non-hydrogen) atoms. The second-order valence-electron chi connectivity index (χ2n) is 6.42. The minimum absolute atomic E-state index is 0.175. The van der Waals surface area contributed by atoms with Crippen molar-refractivity contribution in [2.24, 2.45) is 0 Å². The number of anilines is 3. The number of aryl methyl sites for hydroxylation is 2. The molecule has 0 aliphatic carbocycles. The Bertz CT molecular complexity index is 819. The lowest BCUT2D eigenvalue weighted by molar-refractivity contribution is -0.119. The highest BCUT2D eigenvalue weighted by molar-refractivity contribution is 5.99. The van der Waals surface area contributed by atoms with Crippen LogP contribution in [-0.4, -0.2) is 11.4 Å². The summed E-state index contributed by atoms with van der Waals surface area (Å²) in [7, 11) is 0. The molecule has 2 rings (SSSR count). The van der Waals surface area contributed by atoms with Gasteiger partial charge in [0.1, 0.15) is 5.54 Å². The molecular weight excluding hydrogens is 300 g/mol. The van der Waals surface area contributed by atoms with E-state index in [0.717, 1.165) is 16.8 Å². The van der Waals surface area contributed by atoms with Gasteiger partial charge in [0.25, 0.3) is 0 Å². The number of nitrogens with zero attached hydrogens (tertiary/aromatic N) is 1. The van der Waals surface area contributed by atoms with Crippen LogP contribution in [0.3, 0.4) is 0 Å². The van der Waals surface area contributed by atoms with Crippen LogP contribution in [0.2, 0.25) is 0 Å². The summed E-state index contributed by atoms with van der Waals surface area (Å²) in [5, 5.41) is 15.0. The number of nitrogens with two attached hydrogens (primary N) is 1. The monoisotopic (exact) mass is 322 g/mol. The molecule has 0 aliphatic heterocycles. The van der Waals surface area contributed by atoms with Gasteiger partial charge in [-0.15, -0.1) is 0 Å². The zero-order chi connectivity index (χ0) is 17.9. The Kier molecular flexibility index (Phi) is 4.79. The molecule has 124 valence electrons. The summed E-state index contributed by atoms with van der Waals surface area (Å²) in [4.78, 5) is 12.6. The number of nitrogens with one attached hydrogen (secondary N) is 2. The zero-order valence-electron chi connectivity index (χ0n) is 14.4. The van der Waals surface area contributed by atoms with Gasteiger partial charge in [0.15, 0.2) is 0 Å². The average Bonchev–Trinajstić information content (AvgIpc) is 2.51. The van der Waals surface area contributed by atoms with Gasteiger partial charge in [-0.25, -0.2) is 0 Å². The maximum absolute atomic E-state index is 12.6. The van der Waals surface area contributed by atoms with Gasteiger partial charge in [-0.1, -0.05) is 6.07 Å². The molecule has 2 aromatic carbocycles. The normalized spacial score (nSPS) is 10.8. The largest absolute Gasteiger partial charge is 0.398 e. The molecule has 0 atom stereocenters. The molecule has 2 aromatic rings. The molecule has 4 N–H and O–H groups in total. The van der Waals surface area contributed by atoms with Gasteiger partial charge >= 0.3 is 0 Å². The number of carbonyl (C=O) groups excluding carboxylic acids is 1. The van der Waals surface area contributed by atoms with Gasteiger partial charge in [-0.3, -0.25) is 4.79 Å². The number of nitrogen functional groups attached to an aromatic ring is 1. The predicted molar refractivity (Wildman–Crippen MR) is 97.8 cm³/mol. The molecule has 5 heteroatoms. The van der Waals surface area contributed by atoms with Crippen LogP contribution in [0, 0.1) is 25.2 Å². The molecule has 0 saturated carbocycles. The van der Waals surface area contributed by atoms with E-state index < -0.39 is 5.54 Å². The highest BCUT2D eigenvalue weighted by Gasteiger charge is 2.27. The molecule has 0 radical (unpaired) electrons. The zero-order valence-corrected chi connectivity index (χ0v) is 14.4. The molecule has 0 aliphatic rings. The molecule has 0 aromatic heterocycles. The van der Waals surface area contributed by atoms with Gasteiger partial charge in [0.2, 0.25) is 5.91 Å². The summed E-state index contributed by atoms with van der Waals surface area (Å²) in [6.45, 7) is 7.38. The second-order valence-corrected chi connectivity index (χ2v) is 6.42. The highest BCUT2D eigenvalue weighted by atomic mass is 16.2. The van der Waals surface area contributed by atoms with Crippen LogP contribution in [0.5, 0.6) is 0 Å². The van der Waals surface area contributed by atoms with Crippen molar-refractivity contribution in [1.82, 2.24) is 0 Å². The van der Waals surface area contributed by atoms with Gasteiger partial charge in [-0.05, 0) is 69.2 Å². The predicted octanol–water partition coefficient (Wildman–Crippen LogP) is 3.59. The lowest BCUT2D eigenvalue weighted by atomic mass is 10.0. The van der Waals surface area contributed by atoms with Gasteiger partial charge in [0, 0.05) is 17.1 Å². The van der Waals surface area contributed by atoms with Gasteiger partial charge in [0.05, 0.1) is 11.6 Å². The fourth-order valence-corrected chi connectivity index (χ4v) is 2.29. The first kappa shape index (κ1) is 17.4. The third-order valence-electron chi connectivity index (χ3n) is 3.91. The fourth-order valence-electron chi connectivity index (χ4n) is 2.29. The number of hydrogen-bond acceptors (Lipinski definition) is 4. The summed E-state index contributed by atoms with van der Waals surface area (Å²) >= 11 is 0. The maximum atomic E-state index is 12.6. The summed E-state index contributed by atoms with van der Waals surface area (Å²) < 4.78 is 0. The van der Waals surface area contributed by atoms with E-state index in [9.17, 15) is 4.79 Å². The molecule has 0 heterocycles. The van der Waals surface area contributed by atoms with Gasteiger partial charge < -0.3 is 16.4 Å². The van der Waals surface area contributed by atoms with Crippen LogP contribution in [0.25, 0.3) is 0 Å². The minimum Gasteiger partial charge on any atom is -0.398 e. The molecule has 0 unspecified atom stereocenters. The number of rotatable bonds is 4. The molecular formula is C19H22N4O. The minimum atomic E-state index is -0.830. The Morgan fingerprint density at radius 2 is 1.75 bits per heavy atom. The van der Waals surface area contributed by atoms with Crippen molar-refractivity contribution >= 4 is 23.0 Å². The Labute approximate surface area is 142 Å². The Morgan fingerprint density at radius 3 is 2.33 bits per heavy atom. The van der Waals surface area contributed by atoms with E-state index in [1.54, 1.807) is 32.0 Å². The van der Waals surface area contributed by atoms with Crippen molar-refractivity contribution in [3.63, 3.8) is 0 Å². The van der Waals surface area contributed by atoms with Crippen molar-refractivity contribution < 1.29 is 4.79 Å². The molecule has 5 nitrogen and oxygen atoms in total. The molecule has 1 amide bonds. The van der Waals surface area contributed by atoms with Crippen LogP contribution in [0.15, 0.2) is 36.4 Å². The van der Waals surface area contributed by atoms with Crippen LogP contribution in [0.4, 0.5) is 17.1 Å². The smallest absolute Gasteiger partial charge is 0.249 e. The third-order valence-corrected chi connectivity index (χ3v) is 3.91. The molecule has 0 saturated heterocycles. The summed E-state index contributed by atoms with van der Waals surface area (Å²) in [5.41, 5.74) is 9.63. The number of benzene rings is 2. The van der Waals surface area contributed by atoms with Crippen LogP contribution >= 0.6 is 0 Å². The first-order valence-electron chi connectivity index (χ1n) is 7.69. The first-order chi connectivity index (χ1) is 11.2. The SMILES string of the molecule is Cc1ccc(NC(C)(C)C(=O)Nc2ccc(C#N)c(C)c2)cc1N. The molecule has 0 spiro atoms. The Morgan fingerprint density at radius 1 is 1.08 bits per heavy atom. The number of nitriles is 1. The Hall–Kier alpha value is -3.00. The van der Waals surface area contributed by atoms with Gasteiger partial charge in [-0.2, -0.15) is 5.26 Å². The molecule has 0 bridgehead atoms. The maximum Gasteiger partial charge on any atom is 0.249 e. The van der Waals surface area contributed by atoms with Crippen LogP contribution < -0.4 is 16.4 Å². The topological polar surface area (TPSA) is 90.9 Å². The van der Waals surface area contributed by atoms with E-state index in [2.05, 4.69) is 16.7 Å². The third kappa shape index (κ3) is 3.85. The summed E-state index contributed by atoms with van der Waals surface area (Å²) in [6, 6.07) is 12.9. The number of hydrogen-bond donors (Lipinski definition) is 3. The second kappa shape index (κ2) is 6.63. The van der Waals surface area contributed by atoms with E-state index in [1.165, 1.54) is 0 Å². The van der Waals surface area contributed by atoms with E-state index in [0.29, 0.717) is 16.9 Å². The van der Waals surface area contributed by atoms with E-state index in [4.69, 9.17) is 11.0 Å². The number of carbonyl (C=O) groups is 1. The fraction of sp³-hybridized carbons (Fsp3) is 0.263. The van der Waals surface area contributed by atoms with Crippen molar-refractivity contribution in [2.45, 2.75) is 33.2 Å². The number of amides is 1. The van der Waals surface area contributed by atoms with Crippen molar-refractivity contribution in [1.29, 1.82) is 5.26 Å². The van der Waals surface area contributed by atoms with E-state index in [1.807, 2.05) is 32.0 Å². The van der Waals surface area contributed by atoms with Crippen molar-refractivity contribution in [2.75, 3.05) is 16.4 Å². The van der Waals surface area contributed by atoms with Crippen molar-refractivity contribution in [3.8, 4) is 6.07 Å². The highest BCUT2D eigenvalue weighted by Crippen LogP contribution is 2.22. The van der Waals surface area contributed by atoms with Crippen LogP contribution in [0.1, 0.15) is 30.5 Å². The van der Waals surface area contributed by atoms with Crippen molar-refractivity contribution in [3.05, 3.63) is 53.1 Å². The lowest BCUT2D eigenvalue weighted by Crippen LogP contribution is -2.44. The molecule has 0 fully saturated rings. The van der Waals surface area contributed by atoms with Crippen LogP contribution in [-0.2, 0) is 4.79 Å². The Balaban J connectivity index is 2.13.